The Morgan fingerprint density at radius 1 is 1.56 bits per heavy atom. The molecule has 7 nitrogen and oxygen atoms in total. The summed E-state index contributed by atoms with van der Waals surface area (Å²) in [7, 11) is 3.70. The topological polar surface area (TPSA) is 78.8 Å². The van der Waals surface area contributed by atoms with Crippen molar-refractivity contribution >= 4 is 12.1 Å². The molecule has 1 aliphatic rings. The lowest BCUT2D eigenvalue weighted by Gasteiger charge is -2.10. The molecule has 0 fully saturated rings. The maximum absolute atomic E-state index is 10.4. The molecule has 1 aromatic rings. The fourth-order valence-corrected chi connectivity index (χ4v) is 1.50. The highest BCUT2D eigenvalue weighted by Crippen LogP contribution is 2.21. The SMILES string of the molecule is CN(C)c1ncc2c(n1)CN(OC(=O)O)C2. The number of carboxylic acid groups (broad SMARTS) is 1. The van der Waals surface area contributed by atoms with Gasteiger partial charge in [-0.3, -0.25) is 0 Å². The highest BCUT2D eigenvalue weighted by atomic mass is 16.8. The monoisotopic (exact) mass is 224 g/mol. The minimum atomic E-state index is -1.31. The minimum Gasteiger partial charge on any atom is -0.448 e. The van der Waals surface area contributed by atoms with Gasteiger partial charge in [0.15, 0.2) is 0 Å². The van der Waals surface area contributed by atoms with Crippen molar-refractivity contribution in [3.8, 4) is 0 Å². The molecule has 0 unspecified atom stereocenters. The maximum Gasteiger partial charge on any atom is 0.525 e. The molecule has 0 amide bonds. The van der Waals surface area contributed by atoms with Crippen LogP contribution in [-0.4, -0.2) is 40.4 Å². The zero-order valence-electron chi connectivity index (χ0n) is 9.04. The highest BCUT2D eigenvalue weighted by Gasteiger charge is 2.24. The van der Waals surface area contributed by atoms with Crippen molar-refractivity contribution in [2.45, 2.75) is 13.1 Å². The molecule has 1 aromatic heterocycles. The van der Waals surface area contributed by atoms with Crippen LogP contribution < -0.4 is 4.90 Å². The summed E-state index contributed by atoms with van der Waals surface area (Å²) in [6.07, 6.45) is 0.386. The molecule has 0 saturated heterocycles. The quantitative estimate of drug-likeness (QED) is 0.782. The number of anilines is 1. The molecule has 1 N–H and O–H groups in total. The van der Waals surface area contributed by atoms with E-state index in [1.54, 1.807) is 11.1 Å². The Morgan fingerprint density at radius 2 is 2.31 bits per heavy atom. The van der Waals surface area contributed by atoms with Gasteiger partial charge in [-0.25, -0.2) is 14.8 Å². The highest BCUT2D eigenvalue weighted by molar-refractivity contribution is 5.56. The molecular formula is C9H12N4O3. The van der Waals surface area contributed by atoms with Gasteiger partial charge in [0.05, 0.1) is 18.8 Å². The van der Waals surface area contributed by atoms with Crippen molar-refractivity contribution in [1.29, 1.82) is 0 Å². The van der Waals surface area contributed by atoms with E-state index >= 15 is 0 Å². The summed E-state index contributed by atoms with van der Waals surface area (Å²) >= 11 is 0. The Bertz CT molecular complexity index is 421. The Balaban J connectivity index is 2.15. The van der Waals surface area contributed by atoms with E-state index in [2.05, 4.69) is 14.8 Å². The Hall–Kier alpha value is -1.89. The van der Waals surface area contributed by atoms with Crippen molar-refractivity contribution in [2.75, 3.05) is 19.0 Å². The third-order valence-corrected chi connectivity index (χ3v) is 2.22. The first-order valence-corrected chi connectivity index (χ1v) is 4.74. The lowest BCUT2D eigenvalue weighted by atomic mass is 10.3. The fourth-order valence-electron chi connectivity index (χ4n) is 1.50. The molecule has 0 spiro atoms. The van der Waals surface area contributed by atoms with Gasteiger partial charge < -0.3 is 14.8 Å². The summed E-state index contributed by atoms with van der Waals surface area (Å²) in [5, 5.41) is 9.82. The molecule has 86 valence electrons. The van der Waals surface area contributed by atoms with Crippen molar-refractivity contribution in [1.82, 2.24) is 15.0 Å². The van der Waals surface area contributed by atoms with Gasteiger partial charge in [-0.15, -0.1) is 5.06 Å². The number of hydroxylamine groups is 2. The number of aromatic nitrogens is 2. The van der Waals surface area contributed by atoms with E-state index in [-0.39, 0.29) is 0 Å². The van der Waals surface area contributed by atoms with Crippen molar-refractivity contribution in [2.24, 2.45) is 0 Å². The van der Waals surface area contributed by atoms with Gasteiger partial charge in [0.25, 0.3) is 0 Å². The minimum absolute atomic E-state index is 0.366. The van der Waals surface area contributed by atoms with E-state index < -0.39 is 6.16 Å². The normalized spacial score (nSPS) is 14.6. The van der Waals surface area contributed by atoms with Crippen LogP contribution in [0.4, 0.5) is 10.7 Å². The predicted octanol–water partition coefficient (Wildman–Crippen LogP) is 0.468. The van der Waals surface area contributed by atoms with Crippen LogP contribution in [0.2, 0.25) is 0 Å². The third kappa shape index (κ3) is 2.03. The summed E-state index contributed by atoms with van der Waals surface area (Å²) in [6.45, 7) is 0.764. The summed E-state index contributed by atoms with van der Waals surface area (Å²) in [5.74, 6) is 0.607. The first-order chi connectivity index (χ1) is 7.56. The van der Waals surface area contributed by atoms with E-state index in [1.165, 1.54) is 5.06 Å². The van der Waals surface area contributed by atoms with Crippen molar-refractivity contribution in [3.63, 3.8) is 0 Å². The van der Waals surface area contributed by atoms with Gasteiger partial charge in [-0.05, 0) is 0 Å². The largest absolute Gasteiger partial charge is 0.525 e. The lowest BCUT2D eigenvalue weighted by molar-refractivity contribution is -0.125. The molecule has 2 rings (SSSR count). The van der Waals surface area contributed by atoms with E-state index in [1.807, 2.05) is 14.1 Å². The van der Waals surface area contributed by atoms with E-state index in [9.17, 15) is 4.79 Å². The first-order valence-electron chi connectivity index (χ1n) is 4.74. The molecule has 16 heavy (non-hydrogen) atoms. The molecule has 1 aliphatic heterocycles. The van der Waals surface area contributed by atoms with E-state index in [4.69, 9.17) is 5.11 Å². The molecule has 2 heterocycles. The van der Waals surface area contributed by atoms with Gasteiger partial charge in [-0.2, -0.15) is 0 Å². The van der Waals surface area contributed by atoms with E-state index in [0.29, 0.717) is 19.0 Å². The molecule has 0 atom stereocenters. The Morgan fingerprint density at radius 3 is 2.94 bits per heavy atom. The molecular weight excluding hydrogens is 212 g/mol. The van der Waals surface area contributed by atoms with Gasteiger partial charge in [0.2, 0.25) is 5.95 Å². The Kier molecular flexibility index (Phi) is 2.61. The van der Waals surface area contributed by atoms with Crippen LogP contribution in [0.25, 0.3) is 0 Å². The molecule has 0 aromatic carbocycles. The standard InChI is InChI=1S/C9H12N4O3/c1-12(2)8-10-3-6-4-13(16-9(14)15)5-7(6)11-8/h3H,4-5H2,1-2H3,(H,14,15). The van der Waals surface area contributed by atoms with E-state index in [0.717, 1.165) is 11.3 Å². The molecule has 0 saturated carbocycles. The van der Waals surface area contributed by atoms with Crippen LogP contribution in [0.1, 0.15) is 11.3 Å². The molecule has 0 bridgehead atoms. The summed E-state index contributed by atoms with van der Waals surface area (Å²) in [5.41, 5.74) is 1.70. The average Bonchev–Trinajstić information content (AvgIpc) is 2.56. The molecule has 0 radical (unpaired) electrons. The van der Waals surface area contributed by atoms with Crippen LogP contribution in [0.3, 0.4) is 0 Å². The van der Waals surface area contributed by atoms with Crippen molar-refractivity contribution < 1.29 is 14.7 Å². The van der Waals surface area contributed by atoms with Gasteiger partial charge in [0, 0.05) is 25.9 Å². The second kappa shape index (κ2) is 3.93. The second-order valence-electron chi connectivity index (χ2n) is 3.69. The predicted molar refractivity (Wildman–Crippen MR) is 54.7 cm³/mol. The third-order valence-electron chi connectivity index (χ3n) is 2.22. The molecule has 7 heteroatoms. The van der Waals surface area contributed by atoms with Crippen LogP contribution in [0.15, 0.2) is 6.20 Å². The Labute approximate surface area is 92.2 Å². The van der Waals surface area contributed by atoms with Gasteiger partial charge in [-0.1, -0.05) is 0 Å². The number of hydrogen-bond donors (Lipinski definition) is 1. The van der Waals surface area contributed by atoms with Gasteiger partial charge in [0.1, 0.15) is 0 Å². The summed E-state index contributed by atoms with van der Waals surface area (Å²) < 4.78 is 0. The number of carbonyl (C=O) groups is 1. The summed E-state index contributed by atoms with van der Waals surface area (Å²) in [4.78, 5) is 25.2. The van der Waals surface area contributed by atoms with Crippen LogP contribution in [-0.2, 0) is 17.9 Å². The fraction of sp³-hybridized carbons (Fsp3) is 0.444. The number of rotatable bonds is 2. The first kappa shape index (κ1) is 10.6. The smallest absolute Gasteiger partial charge is 0.448 e. The zero-order valence-corrected chi connectivity index (χ0v) is 9.04. The second-order valence-corrected chi connectivity index (χ2v) is 3.69. The van der Waals surface area contributed by atoms with Crippen molar-refractivity contribution in [3.05, 3.63) is 17.5 Å². The number of nitrogens with zero attached hydrogens (tertiary/aromatic N) is 4. The van der Waals surface area contributed by atoms with Crippen LogP contribution in [0.5, 0.6) is 0 Å². The number of fused-ring (bicyclic) bond motifs is 1. The van der Waals surface area contributed by atoms with Crippen LogP contribution >= 0.6 is 0 Å². The zero-order chi connectivity index (χ0) is 11.7. The lowest BCUT2D eigenvalue weighted by Crippen LogP contribution is -2.20. The number of hydrogen-bond acceptors (Lipinski definition) is 6. The molecule has 0 aliphatic carbocycles. The van der Waals surface area contributed by atoms with Gasteiger partial charge >= 0.3 is 6.16 Å². The maximum atomic E-state index is 10.4. The average molecular weight is 224 g/mol. The summed E-state index contributed by atoms with van der Waals surface area (Å²) in [6, 6.07) is 0. The van der Waals surface area contributed by atoms with Crippen LogP contribution in [0, 0.1) is 0 Å².